The third kappa shape index (κ3) is 2.66. The summed E-state index contributed by atoms with van der Waals surface area (Å²) in [6.07, 6.45) is 1.78. The smallest absolute Gasteiger partial charge is 0.259 e. The first-order valence-electron chi connectivity index (χ1n) is 8.29. The van der Waals surface area contributed by atoms with Crippen molar-refractivity contribution in [3.05, 3.63) is 81.8 Å². The topological polar surface area (TPSA) is 46.4 Å². The molecule has 2 aromatic carbocycles. The first-order chi connectivity index (χ1) is 12.0. The second kappa shape index (κ2) is 5.74. The van der Waals surface area contributed by atoms with E-state index in [1.807, 2.05) is 30.3 Å². The van der Waals surface area contributed by atoms with E-state index in [1.54, 1.807) is 16.7 Å². The first kappa shape index (κ1) is 15.4. The lowest BCUT2D eigenvalue weighted by Crippen LogP contribution is -2.15. The first-order valence-corrected chi connectivity index (χ1v) is 8.29. The van der Waals surface area contributed by atoms with Gasteiger partial charge in [0, 0.05) is 23.3 Å². The number of fused-ring (bicyclic) bond motifs is 3. The van der Waals surface area contributed by atoms with Crippen molar-refractivity contribution in [2.24, 2.45) is 0 Å². The molecule has 0 aliphatic carbocycles. The molecule has 0 amide bonds. The van der Waals surface area contributed by atoms with Gasteiger partial charge >= 0.3 is 0 Å². The third-order valence-corrected chi connectivity index (χ3v) is 4.49. The molecular formula is C21H19N3O. The molecule has 0 saturated carbocycles. The minimum Gasteiger partial charge on any atom is -0.340 e. The van der Waals surface area contributed by atoms with E-state index in [1.165, 1.54) is 5.56 Å². The Hall–Kier alpha value is -3.14. The predicted octanol–water partition coefficient (Wildman–Crippen LogP) is 4.52. The van der Waals surface area contributed by atoms with Crippen LogP contribution in [0.25, 0.3) is 16.4 Å². The van der Waals surface area contributed by atoms with E-state index in [0.29, 0.717) is 11.5 Å². The zero-order chi connectivity index (χ0) is 17.6. The molecule has 0 unspecified atom stereocenters. The van der Waals surface area contributed by atoms with Crippen molar-refractivity contribution in [1.82, 2.24) is 9.38 Å². The number of benzene rings is 2. The Labute approximate surface area is 145 Å². The van der Waals surface area contributed by atoms with Gasteiger partial charge in [-0.1, -0.05) is 42.0 Å². The van der Waals surface area contributed by atoms with Crippen molar-refractivity contribution in [2.45, 2.75) is 20.8 Å². The van der Waals surface area contributed by atoms with Crippen LogP contribution in [0.5, 0.6) is 0 Å². The normalized spacial score (nSPS) is 11.2. The molecule has 2 aromatic heterocycles. The van der Waals surface area contributed by atoms with Crippen molar-refractivity contribution < 1.29 is 0 Å². The summed E-state index contributed by atoms with van der Waals surface area (Å²) in [6.45, 7) is 6.20. The predicted molar refractivity (Wildman–Crippen MR) is 103 cm³/mol. The molecule has 0 aliphatic heterocycles. The van der Waals surface area contributed by atoms with Crippen molar-refractivity contribution in [1.29, 1.82) is 0 Å². The summed E-state index contributed by atoms with van der Waals surface area (Å²) in [4.78, 5) is 17.3. The largest absolute Gasteiger partial charge is 0.340 e. The standard InChI is InChI=1S/C21H19N3O/c1-13-10-14(2)20(15(3)11-13)22-18-12-19(25)24-9-8-16-6-4-5-7-17(16)21(24)23-18/h4-12,22H,1-3H3. The van der Waals surface area contributed by atoms with E-state index in [2.05, 4.69) is 38.2 Å². The van der Waals surface area contributed by atoms with Gasteiger partial charge in [0.05, 0.1) is 0 Å². The van der Waals surface area contributed by atoms with Crippen molar-refractivity contribution >= 4 is 27.9 Å². The van der Waals surface area contributed by atoms with Crippen LogP contribution in [0.2, 0.25) is 0 Å². The van der Waals surface area contributed by atoms with Crippen molar-refractivity contribution in [3.8, 4) is 0 Å². The van der Waals surface area contributed by atoms with Crippen LogP contribution in [0.15, 0.2) is 59.5 Å². The summed E-state index contributed by atoms with van der Waals surface area (Å²) in [5.74, 6) is 0.566. The van der Waals surface area contributed by atoms with Gasteiger partial charge in [0.2, 0.25) is 0 Å². The van der Waals surface area contributed by atoms with E-state index in [9.17, 15) is 4.79 Å². The van der Waals surface area contributed by atoms with Gasteiger partial charge in [-0.25, -0.2) is 4.98 Å². The maximum Gasteiger partial charge on any atom is 0.259 e. The molecule has 2 heterocycles. The van der Waals surface area contributed by atoms with Crippen LogP contribution in [-0.2, 0) is 0 Å². The molecule has 0 saturated heterocycles. The lowest BCUT2D eigenvalue weighted by Gasteiger charge is -2.14. The third-order valence-electron chi connectivity index (χ3n) is 4.49. The molecule has 0 fully saturated rings. The Bertz CT molecular complexity index is 1150. The highest BCUT2D eigenvalue weighted by atomic mass is 16.1. The highest BCUT2D eigenvalue weighted by molar-refractivity contribution is 5.94. The maximum absolute atomic E-state index is 12.5. The summed E-state index contributed by atoms with van der Waals surface area (Å²) in [5, 5.41) is 5.37. The number of hydrogen-bond acceptors (Lipinski definition) is 3. The Morgan fingerprint density at radius 1 is 0.960 bits per heavy atom. The second-order valence-electron chi connectivity index (χ2n) is 6.47. The minimum absolute atomic E-state index is 0.0966. The molecule has 0 spiro atoms. The Kier molecular flexibility index (Phi) is 3.53. The molecule has 0 bridgehead atoms. The van der Waals surface area contributed by atoms with E-state index < -0.39 is 0 Å². The number of hydrogen-bond donors (Lipinski definition) is 1. The van der Waals surface area contributed by atoms with Crippen LogP contribution in [-0.4, -0.2) is 9.38 Å². The fourth-order valence-corrected chi connectivity index (χ4v) is 3.40. The SMILES string of the molecule is Cc1cc(C)c(Nc2cc(=O)n3ccc4ccccc4c3n2)c(C)c1. The molecule has 4 nitrogen and oxygen atoms in total. The van der Waals surface area contributed by atoms with Gasteiger partial charge in [0.1, 0.15) is 11.5 Å². The highest BCUT2D eigenvalue weighted by Crippen LogP contribution is 2.25. The van der Waals surface area contributed by atoms with Crippen LogP contribution in [0, 0.1) is 20.8 Å². The van der Waals surface area contributed by atoms with Gasteiger partial charge in [-0.3, -0.25) is 9.20 Å². The van der Waals surface area contributed by atoms with E-state index in [0.717, 1.165) is 27.6 Å². The van der Waals surface area contributed by atoms with Gasteiger partial charge in [0.25, 0.3) is 5.56 Å². The summed E-state index contributed by atoms with van der Waals surface area (Å²) in [7, 11) is 0. The van der Waals surface area contributed by atoms with Gasteiger partial charge in [-0.2, -0.15) is 0 Å². The molecular weight excluding hydrogens is 310 g/mol. The van der Waals surface area contributed by atoms with Crippen LogP contribution in [0.3, 0.4) is 0 Å². The number of nitrogens with zero attached hydrogens (tertiary/aromatic N) is 2. The Morgan fingerprint density at radius 2 is 1.68 bits per heavy atom. The second-order valence-corrected chi connectivity index (χ2v) is 6.47. The summed E-state index contributed by atoms with van der Waals surface area (Å²) < 4.78 is 1.59. The Balaban J connectivity index is 1.92. The fraction of sp³-hybridized carbons (Fsp3) is 0.143. The fourth-order valence-electron chi connectivity index (χ4n) is 3.40. The molecule has 0 aliphatic rings. The van der Waals surface area contributed by atoms with Crippen LogP contribution in [0.1, 0.15) is 16.7 Å². The van der Waals surface area contributed by atoms with Crippen LogP contribution < -0.4 is 10.9 Å². The number of aromatic nitrogens is 2. The molecule has 25 heavy (non-hydrogen) atoms. The van der Waals surface area contributed by atoms with E-state index >= 15 is 0 Å². The molecule has 0 atom stereocenters. The summed E-state index contributed by atoms with van der Waals surface area (Å²) in [5.41, 5.74) is 5.06. The molecule has 4 heteroatoms. The van der Waals surface area contributed by atoms with Crippen molar-refractivity contribution in [3.63, 3.8) is 0 Å². The lowest BCUT2D eigenvalue weighted by atomic mass is 10.1. The average molecular weight is 329 g/mol. The van der Waals surface area contributed by atoms with Crippen LogP contribution >= 0.6 is 0 Å². The number of pyridine rings is 1. The lowest BCUT2D eigenvalue weighted by molar-refractivity contribution is 1.06. The monoisotopic (exact) mass is 329 g/mol. The zero-order valence-corrected chi connectivity index (χ0v) is 14.5. The summed E-state index contributed by atoms with van der Waals surface area (Å²) >= 11 is 0. The van der Waals surface area contributed by atoms with Gasteiger partial charge in [-0.15, -0.1) is 0 Å². The number of nitrogens with one attached hydrogen (secondary N) is 1. The quantitative estimate of drug-likeness (QED) is 0.550. The van der Waals surface area contributed by atoms with E-state index in [4.69, 9.17) is 4.98 Å². The molecule has 124 valence electrons. The molecule has 1 N–H and O–H groups in total. The molecule has 4 aromatic rings. The van der Waals surface area contributed by atoms with Crippen molar-refractivity contribution in [2.75, 3.05) is 5.32 Å². The zero-order valence-electron chi connectivity index (χ0n) is 14.5. The van der Waals surface area contributed by atoms with E-state index in [-0.39, 0.29) is 5.56 Å². The number of anilines is 2. The summed E-state index contributed by atoms with van der Waals surface area (Å²) in [6, 6.07) is 15.7. The number of rotatable bonds is 2. The van der Waals surface area contributed by atoms with Gasteiger partial charge < -0.3 is 5.32 Å². The van der Waals surface area contributed by atoms with Gasteiger partial charge in [-0.05, 0) is 43.4 Å². The number of aryl methyl sites for hydroxylation is 3. The maximum atomic E-state index is 12.5. The minimum atomic E-state index is -0.0966. The van der Waals surface area contributed by atoms with Gasteiger partial charge in [0.15, 0.2) is 0 Å². The molecule has 4 rings (SSSR count). The Morgan fingerprint density at radius 3 is 2.44 bits per heavy atom. The highest BCUT2D eigenvalue weighted by Gasteiger charge is 2.09. The van der Waals surface area contributed by atoms with Crippen LogP contribution in [0.4, 0.5) is 11.5 Å². The average Bonchev–Trinajstić information content (AvgIpc) is 2.58. The molecule has 0 radical (unpaired) electrons.